The van der Waals surface area contributed by atoms with Crippen LogP contribution in [0.1, 0.15) is 53.9 Å². The molecule has 6 aromatic rings. The zero-order valence-electron chi connectivity index (χ0n) is 34.7. The van der Waals surface area contributed by atoms with E-state index in [1.807, 2.05) is 9.58 Å². The van der Waals surface area contributed by atoms with Gasteiger partial charge in [0.15, 0.2) is 11.3 Å². The van der Waals surface area contributed by atoms with Crippen molar-refractivity contribution in [3.05, 3.63) is 84.2 Å². The van der Waals surface area contributed by atoms with Gasteiger partial charge in [-0.25, -0.2) is 29.3 Å². The number of amides is 2. The van der Waals surface area contributed by atoms with E-state index < -0.39 is 0 Å². The van der Waals surface area contributed by atoms with Crippen LogP contribution >= 0.6 is 0 Å². The molecule has 18 nitrogen and oxygen atoms in total. The molecule has 2 atom stereocenters. The van der Waals surface area contributed by atoms with Gasteiger partial charge in [-0.3, -0.25) is 9.59 Å². The van der Waals surface area contributed by atoms with Crippen molar-refractivity contribution in [1.82, 2.24) is 49.3 Å². The molecule has 0 bridgehead atoms. The Labute approximate surface area is 357 Å². The fourth-order valence-corrected chi connectivity index (χ4v) is 7.69. The summed E-state index contributed by atoms with van der Waals surface area (Å²) in [4.78, 5) is 47.6. The number of rotatable bonds is 11. The van der Waals surface area contributed by atoms with Crippen molar-refractivity contribution in [1.29, 1.82) is 0 Å². The summed E-state index contributed by atoms with van der Waals surface area (Å²) in [6.45, 7) is 5.88. The molecule has 0 aliphatic carbocycles. The molecule has 2 aromatic carbocycles. The summed E-state index contributed by atoms with van der Waals surface area (Å²) in [6.07, 6.45) is 5.69. The van der Waals surface area contributed by atoms with Crippen LogP contribution < -0.4 is 30.0 Å². The normalized spacial score (nSPS) is 15.7. The van der Waals surface area contributed by atoms with Crippen LogP contribution in [0.15, 0.2) is 61.7 Å². The van der Waals surface area contributed by atoms with E-state index in [0.29, 0.717) is 112 Å². The van der Waals surface area contributed by atoms with Crippen molar-refractivity contribution in [3.63, 3.8) is 0 Å². The number of carbonyl (C=O) groups is 2. The highest BCUT2D eigenvalue weighted by molar-refractivity contribution is 5.93. The van der Waals surface area contributed by atoms with Crippen molar-refractivity contribution in [2.45, 2.75) is 31.3 Å². The number of anilines is 2. The van der Waals surface area contributed by atoms with Crippen molar-refractivity contribution in [3.8, 4) is 46.7 Å². The van der Waals surface area contributed by atoms with Crippen LogP contribution in [-0.4, -0.2) is 122 Å². The van der Waals surface area contributed by atoms with Gasteiger partial charge in [-0.2, -0.15) is 10.2 Å². The summed E-state index contributed by atoms with van der Waals surface area (Å²) in [5.41, 5.74) is 9.64. The second-order valence-electron chi connectivity index (χ2n) is 14.6. The predicted molar refractivity (Wildman–Crippen MR) is 230 cm³/mol. The summed E-state index contributed by atoms with van der Waals surface area (Å²) in [5, 5.41) is 14.3. The highest BCUT2D eigenvalue weighted by Gasteiger charge is 2.32. The zero-order chi connectivity index (χ0) is 43.3. The molecule has 2 amide bonds. The summed E-state index contributed by atoms with van der Waals surface area (Å²) in [7, 11) is 6.31. The van der Waals surface area contributed by atoms with Crippen molar-refractivity contribution >= 4 is 45.5 Å². The van der Waals surface area contributed by atoms with Gasteiger partial charge in [-0.1, -0.05) is 18.4 Å². The first-order valence-corrected chi connectivity index (χ1v) is 19.8. The van der Waals surface area contributed by atoms with E-state index in [2.05, 4.69) is 55.5 Å². The van der Waals surface area contributed by atoms with Crippen molar-refractivity contribution in [2.24, 2.45) is 0 Å². The van der Waals surface area contributed by atoms with Crippen LogP contribution in [0.4, 0.5) is 11.6 Å². The number of nitrogen functional groups attached to an aromatic ring is 1. The smallest absolute Gasteiger partial charge is 0.246 e. The number of nitrogens with zero attached hydrogens (tertiary/aromatic N) is 10. The molecule has 3 N–H and O–H groups in total. The molecule has 6 heterocycles. The number of nitrogens with two attached hydrogens (primary N) is 1. The third-order valence-corrected chi connectivity index (χ3v) is 10.8. The number of hydrogen-bond acceptors (Lipinski definition) is 14. The maximum atomic E-state index is 13.7. The lowest BCUT2D eigenvalue weighted by molar-refractivity contribution is -0.130. The molecule has 0 radical (unpaired) electrons. The maximum absolute atomic E-state index is 13.7. The Hall–Kier alpha value is -7.86. The van der Waals surface area contributed by atoms with Gasteiger partial charge in [0.05, 0.1) is 51.3 Å². The van der Waals surface area contributed by atoms with Gasteiger partial charge >= 0.3 is 0 Å². The highest BCUT2D eigenvalue weighted by atomic mass is 16.5. The van der Waals surface area contributed by atoms with Gasteiger partial charge < -0.3 is 39.8 Å². The van der Waals surface area contributed by atoms with Crippen molar-refractivity contribution < 1.29 is 28.5 Å². The van der Waals surface area contributed by atoms with E-state index in [0.717, 1.165) is 0 Å². The molecule has 62 heavy (non-hydrogen) atoms. The molecular formula is C44H44N12O6. The highest BCUT2D eigenvalue weighted by Crippen LogP contribution is 2.32. The Morgan fingerprint density at radius 3 is 1.77 bits per heavy atom. The minimum Gasteiger partial charge on any atom is -0.497 e. The summed E-state index contributed by atoms with van der Waals surface area (Å²) in [5.74, 6) is 15.7. The Morgan fingerprint density at radius 2 is 1.23 bits per heavy atom. The van der Waals surface area contributed by atoms with Crippen molar-refractivity contribution in [2.75, 3.05) is 72.2 Å². The summed E-state index contributed by atoms with van der Waals surface area (Å²) in [6, 6.07) is 10.5. The number of methoxy groups -OCH3 is 4. The number of aromatic nitrogens is 8. The van der Waals surface area contributed by atoms with Gasteiger partial charge in [-0.05, 0) is 55.0 Å². The number of benzene rings is 2. The second-order valence-corrected chi connectivity index (χ2v) is 14.6. The molecule has 2 aliphatic rings. The number of carbonyl (C=O) groups excluding carboxylic acids is 2. The van der Waals surface area contributed by atoms with E-state index in [9.17, 15) is 9.59 Å². The summed E-state index contributed by atoms with van der Waals surface area (Å²) >= 11 is 0. The molecule has 4 aromatic heterocycles. The molecular weight excluding hydrogens is 793 g/mol. The van der Waals surface area contributed by atoms with E-state index in [1.165, 1.54) is 18.7 Å². The lowest BCUT2D eigenvalue weighted by atomic mass is 10.2. The number of likely N-dealkylation sites (tertiary alicyclic amines) is 2. The van der Waals surface area contributed by atoms with Crippen LogP contribution in [0.5, 0.6) is 23.0 Å². The number of fused-ring (bicyclic) bond motifs is 2. The Morgan fingerprint density at radius 1 is 0.726 bits per heavy atom. The quantitative estimate of drug-likeness (QED) is 0.142. The predicted octanol–water partition coefficient (Wildman–Crippen LogP) is 3.62. The first-order chi connectivity index (χ1) is 30.2. The Kier molecular flexibility index (Phi) is 11.7. The second kappa shape index (κ2) is 17.8. The molecule has 2 fully saturated rings. The van der Waals surface area contributed by atoms with E-state index in [1.54, 1.807) is 74.4 Å². The molecule has 1 unspecified atom stereocenters. The van der Waals surface area contributed by atoms with Gasteiger partial charge in [0, 0.05) is 62.4 Å². The average molecular weight is 837 g/mol. The first-order valence-electron chi connectivity index (χ1n) is 19.8. The maximum Gasteiger partial charge on any atom is 0.246 e. The fourth-order valence-electron chi connectivity index (χ4n) is 7.69. The third-order valence-electron chi connectivity index (χ3n) is 10.8. The minimum atomic E-state index is -0.164. The largest absolute Gasteiger partial charge is 0.497 e. The molecule has 2 aliphatic heterocycles. The van der Waals surface area contributed by atoms with Gasteiger partial charge in [0.25, 0.3) is 0 Å². The molecule has 8 rings (SSSR count). The molecule has 0 saturated carbocycles. The number of ether oxygens (including phenoxy) is 4. The van der Waals surface area contributed by atoms with Crippen LogP contribution in [0.3, 0.4) is 0 Å². The summed E-state index contributed by atoms with van der Waals surface area (Å²) < 4.78 is 25.3. The Bertz CT molecular complexity index is 2790. The van der Waals surface area contributed by atoms with Gasteiger partial charge in [0.1, 0.15) is 58.7 Å². The molecule has 18 heteroatoms. The zero-order valence-corrected chi connectivity index (χ0v) is 34.7. The van der Waals surface area contributed by atoms with Crippen LogP contribution in [0, 0.1) is 23.7 Å². The monoisotopic (exact) mass is 836 g/mol. The van der Waals surface area contributed by atoms with Crippen LogP contribution in [-0.2, 0) is 9.59 Å². The lowest BCUT2D eigenvalue weighted by Crippen LogP contribution is -2.30. The molecule has 0 spiro atoms. The van der Waals surface area contributed by atoms with E-state index >= 15 is 0 Å². The van der Waals surface area contributed by atoms with E-state index in [-0.39, 0.29) is 42.7 Å². The molecule has 316 valence electrons. The average Bonchev–Trinajstić information content (AvgIpc) is 4.13. The van der Waals surface area contributed by atoms with Gasteiger partial charge in [-0.15, -0.1) is 0 Å². The van der Waals surface area contributed by atoms with Crippen LogP contribution in [0.25, 0.3) is 22.1 Å². The van der Waals surface area contributed by atoms with E-state index in [4.69, 9.17) is 34.9 Å². The fraction of sp³-hybridized carbons (Fsp3) is 0.318. The third kappa shape index (κ3) is 8.30. The lowest BCUT2D eigenvalue weighted by Gasteiger charge is -2.17. The first kappa shape index (κ1) is 40.9. The topological polar surface area (TPSA) is 203 Å². The minimum absolute atomic E-state index is 0.0384. The number of hydrogen-bond donors (Lipinski definition) is 2. The molecule has 2 saturated heterocycles. The number of nitrogens with one attached hydrogen (secondary N) is 1. The SMILES string of the molecule is C=CC(=O)N1CCC(n2nc(C#Cc3cc(OC)cc(OC)c3)c3c(NCCC(=O)N4CC[C@H](n5nc(C#Cc6cc(OC)cc(OC)c6)c6c(N)ncnc65)C4)ncnc32)C1. The van der Waals surface area contributed by atoms with Crippen LogP contribution in [0.2, 0.25) is 0 Å². The Balaban J connectivity index is 1.00. The van der Waals surface area contributed by atoms with Gasteiger partial charge in [0.2, 0.25) is 11.8 Å². The standard InChI is InChI=1S/C44H44N12O6/c1-6-37(57)53-15-12-29(23-53)56-44-40(36(52-56)10-8-28-19-33(61-4)22-34(20-28)62-5)42(48-26-50-44)46-14-11-38(58)54-16-13-30(24-54)55-43-39(41(45)47-25-49-43)35(51-55)9-7-27-17-31(59-2)21-32(18-27)60-3/h6,17-22,25-26,29-30H,1,11-16,23-24H2,2-5H3,(H2,45,47,49)(H,46,48,50)/t29?,30-/m0/s1.